The highest BCUT2D eigenvalue weighted by Crippen LogP contribution is 2.31. The molecule has 1 aliphatic carbocycles. The number of ether oxygens (including phenoxy) is 2. The second kappa shape index (κ2) is 9.54. The third-order valence-electron chi connectivity index (χ3n) is 3.43. The fraction of sp³-hybridized carbons (Fsp3) is 0.562. The van der Waals surface area contributed by atoms with Gasteiger partial charge in [0.2, 0.25) is 0 Å². The number of benzene rings is 1. The van der Waals surface area contributed by atoms with Gasteiger partial charge < -0.3 is 20.5 Å². The first-order chi connectivity index (χ1) is 10.2. The Morgan fingerprint density at radius 1 is 1.27 bits per heavy atom. The number of nitrogens with one attached hydrogen (secondary N) is 1. The van der Waals surface area contributed by atoms with Crippen molar-refractivity contribution in [1.29, 1.82) is 0 Å². The van der Waals surface area contributed by atoms with Gasteiger partial charge >= 0.3 is 0 Å². The fourth-order valence-electron chi connectivity index (χ4n) is 1.97. The quantitative estimate of drug-likeness (QED) is 0.728. The maximum atomic E-state index is 11.7. The van der Waals surface area contributed by atoms with E-state index in [1.54, 1.807) is 12.1 Å². The Hall–Kier alpha value is -1.46. The minimum Gasteiger partial charge on any atom is -0.494 e. The Bertz CT molecular complexity index is 449. The van der Waals surface area contributed by atoms with E-state index in [0.717, 1.165) is 12.2 Å². The average Bonchev–Trinajstić information content (AvgIpc) is 3.34. The van der Waals surface area contributed by atoms with Gasteiger partial charge in [0.05, 0.1) is 6.61 Å². The van der Waals surface area contributed by atoms with Crippen molar-refractivity contribution in [2.75, 3.05) is 19.8 Å². The summed E-state index contributed by atoms with van der Waals surface area (Å²) in [6.45, 7) is 3.29. The molecule has 3 N–H and O–H groups in total. The molecule has 1 aromatic carbocycles. The molecule has 1 aromatic rings. The average molecular weight is 329 g/mol. The molecule has 1 unspecified atom stereocenters. The van der Waals surface area contributed by atoms with Crippen molar-refractivity contribution < 1.29 is 14.3 Å². The zero-order valence-electron chi connectivity index (χ0n) is 12.9. The summed E-state index contributed by atoms with van der Waals surface area (Å²) < 4.78 is 10.9. The standard InChI is InChI=1S/C16H24N2O3.ClH/c1-2-9-20-13-5-7-14(8-6-13)21-11-16(19)18-10-15(17)12-3-4-12;/h5-8,12,15H,2-4,9-11,17H2,1H3,(H,18,19);1H. The van der Waals surface area contributed by atoms with Crippen molar-refractivity contribution in [3.63, 3.8) is 0 Å². The Morgan fingerprint density at radius 2 is 1.86 bits per heavy atom. The van der Waals surface area contributed by atoms with Gasteiger partial charge in [-0.25, -0.2) is 0 Å². The highest BCUT2D eigenvalue weighted by molar-refractivity contribution is 5.85. The van der Waals surface area contributed by atoms with E-state index in [9.17, 15) is 4.79 Å². The van der Waals surface area contributed by atoms with Crippen LogP contribution in [0.5, 0.6) is 11.5 Å². The molecule has 124 valence electrons. The van der Waals surface area contributed by atoms with Crippen LogP contribution in [0.25, 0.3) is 0 Å². The molecule has 1 atom stereocenters. The van der Waals surface area contributed by atoms with Gasteiger partial charge in [-0.05, 0) is 49.4 Å². The molecule has 0 spiro atoms. The number of hydrogen-bond donors (Lipinski definition) is 2. The molecule has 2 rings (SSSR count). The fourth-order valence-corrected chi connectivity index (χ4v) is 1.97. The molecule has 1 saturated carbocycles. The summed E-state index contributed by atoms with van der Waals surface area (Å²) >= 11 is 0. The number of halogens is 1. The lowest BCUT2D eigenvalue weighted by Gasteiger charge is -2.12. The first-order valence-corrected chi connectivity index (χ1v) is 7.57. The molecule has 1 fully saturated rings. The number of hydrogen-bond acceptors (Lipinski definition) is 4. The number of carbonyl (C=O) groups is 1. The third-order valence-corrected chi connectivity index (χ3v) is 3.43. The van der Waals surface area contributed by atoms with E-state index in [1.165, 1.54) is 12.8 Å². The maximum absolute atomic E-state index is 11.7. The van der Waals surface area contributed by atoms with Gasteiger partial charge in [0.15, 0.2) is 6.61 Å². The van der Waals surface area contributed by atoms with Crippen LogP contribution in [0.15, 0.2) is 24.3 Å². The van der Waals surface area contributed by atoms with E-state index >= 15 is 0 Å². The van der Waals surface area contributed by atoms with Crippen molar-refractivity contribution in [2.45, 2.75) is 32.2 Å². The van der Waals surface area contributed by atoms with Crippen molar-refractivity contribution in [3.05, 3.63) is 24.3 Å². The lowest BCUT2D eigenvalue weighted by molar-refractivity contribution is -0.123. The van der Waals surface area contributed by atoms with Crippen LogP contribution >= 0.6 is 12.4 Å². The van der Waals surface area contributed by atoms with Gasteiger partial charge in [-0.1, -0.05) is 6.92 Å². The number of nitrogens with two attached hydrogens (primary N) is 1. The highest BCUT2D eigenvalue weighted by atomic mass is 35.5. The topological polar surface area (TPSA) is 73.6 Å². The second-order valence-electron chi connectivity index (χ2n) is 5.41. The van der Waals surface area contributed by atoms with E-state index in [-0.39, 0.29) is 31.0 Å². The van der Waals surface area contributed by atoms with Gasteiger partial charge in [-0.2, -0.15) is 0 Å². The van der Waals surface area contributed by atoms with E-state index in [2.05, 4.69) is 12.2 Å². The molecule has 1 amide bonds. The van der Waals surface area contributed by atoms with E-state index in [0.29, 0.717) is 24.8 Å². The molecule has 1 aliphatic rings. The van der Waals surface area contributed by atoms with Crippen LogP contribution in [-0.2, 0) is 4.79 Å². The second-order valence-corrected chi connectivity index (χ2v) is 5.41. The van der Waals surface area contributed by atoms with Crippen molar-refractivity contribution >= 4 is 18.3 Å². The third kappa shape index (κ3) is 6.54. The van der Waals surface area contributed by atoms with Crippen LogP contribution in [-0.4, -0.2) is 31.7 Å². The molecule has 6 heteroatoms. The SMILES string of the molecule is CCCOc1ccc(OCC(=O)NCC(N)C2CC2)cc1.Cl. The van der Waals surface area contributed by atoms with Gasteiger partial charge in [-0.3, -0.25) is 4.79 Å². The van der Waals surface area contributed by atoms with Gasteiger partial charge in [0, 0.05) is 12.6 Å². The van der Waals surface area contributed by atoms with Gasteiger partial charge in [0.1, 0.15) is 11.5 Å². The molecule has 0 heterocycles. The predicted molar refractivity (Wildman–Crippen MR) is 88.7 cm³/mol. The molecular formula is C16H25ClN2O3. The van der Waals surface area contributed by atoms with E-state index < -0.39 is 0 Å². The molecule has 0 saturated heterocycles. The largest absolute Gasteiger partial charge is 0.494 e. The van der Waals surface area contributed by atoms with Gasteiger partial charge in [0.25, 0.3) is 5.91 Å². The summed E-state index contributed by atoms with van der Waals surface area (Å²) in [5.41, 5.74) is 5.92. The van der Waals surface area contributed by atoms with Crippen LogP contribution in [0.3, 0.4) is 0 Å². The Balaban J connectivity index is 0.00000242. The Kier molecular flexibility index (Phi) is 8.06. The van der Waals surface area contributed by atoms with Crippen molar-refractivity contribution in [3.8, 4) is 11.5 Å². The van der Waals surface area contributed by atoms with E-state index in [1.807, 2.05) is 12.1 Å². The zero-order valence-corrected chi connectivity index (χ0v) is 13.7. The van der Waals surface area contributed by atoms with Crippen LogP contribution < -0.4 is 20.5 Å². The van der Waals surface area contributed by atoms with Crippen molar-refractivity contribution in [2.24, 2.45) is 11.7 Å². The summed E-state index contributed by atoms with van der Waals surface area (Å²) in [4.78, 5) is 11.7. The lowest BCUT2D eigenvalue weighted by Crippen LogP contribution is -2.40. The molecule has 0 radical (unpaired) electrons. The molecular weight excluding hydrogens is 304 g/mol. The summed E-state index contributed by atoms with van der Waals surface area (Å²) in [6, 6.07) is 7.35. The molecule has 5 nitrogen and oxygen atoms in total. The predicted octanol–water partition coefficient (Wildman–Crippen LogP) is 2.13. The lowest BCUT2D eigenvalue weighted by atomic mass is 10.2. The normalized spacial score (nSPS) is 14.6. The maximum Gasteiger partial charge on any atom is 0.257 e. The Morgan fingerprint density at radius 3 is 2.41 bits per heavy atom. The highest BCUT2D eigenvalue weighted by Gasteiger charge is 2.28. The molecule has 22 heavy (non-hydrogen) atoms. The van der Waals surface area contributed by atoms with Crippen LogP contribution in [0.2, 0.25) is 0 Å². The number of rotatable bonds is 9. The Labute approximate surface area is 138 Å². The summed E-state index contributed by atoms with van der Waals surface area (Å²) in [7, 11) is 0. The van der Waals surface area contributed by atoms with Crippen LogP contribution in [0.4, 0.5) is 0 Å². The van der Waals surface area contributed by atoms with Gasteiger partial charge in [-0.15, -0.1) is 12.4 Å². The zero-order chi connectivity index (χ0) is 15.1. The first kappa shape index (κ1) is 18.6. The molecule has 0 aromatic heterocycles. The summed E-state index contributed by atoms with van der Waals surface area (Å²) in [6.07, 6.45) is 3.33. The first-order valence-electron chi connectivity index (χ1n) is 7.57. The monoisotopic (exact) mass is 328 g/mol. The number of amides is 1. The van der Waals surface area contributed by atoms with Crippen LogP contribution in [0.1, 0.15) is 26.2 Å². The minimum atomic E-state index is -0.141. The smallest absolute Gasteiger partial charge is 0.257 e. The molecule has 0 aliphatic heterocycles. The number of carbonyl (C=O) groups excluding carboxylic acids is 1. The van der Waals surface area contributed by atoms with E-state index in [4.69, 9.17) is 15.2 Å². The summed E-state index contributed by atoms with van der Waals surface area (Å²) in [5, 5.41) is 2.80. The van der Waals surface area contributed by atoms with Crippen molar-refractivity contribution in [1.82, 2.24) is 5.32 Å². The van der Waals surface area contributed by atoms with Crippen LogP contribution in [0, 0.1) is 5.92 Å². The molecule has 0 bridgehead atoms. The summed E-state index contributed by atoms with van der Waals surface area (Å²) in [5.74, 6) is 1.91. The minimum absolute atomic E-state index is 0.